The van der Waals surface area contributed by atoms with Crippen LogP contribution in [0, 0.1) is 0 Å². The number of nitrogens with zero attached hydrogens (tertiary/aromatic N) is 3. The van der Waals surface area contributed by atoms with E-state index in [4.69, 9.17) is 9.84 Å². The highest BCUT2D eigenvalue weighted by atomic mass is 16.7. The van der Waals surface area contributed by atoms with Gasteiger partial charge in [-0.3, -0.25) is 9.78 Å². The van der Waals surface area contributed by atoms with Gasteiger partial charge in [0.05, 0.1) is 23.3 Å². The third kappa shape index (κ3) is 5.34. The summed E-state index contributed by atoms with van der Waals surface area (Å²) in [5.74, 6) is 1.35. The van der Waals surface area contributed by atoms with Gasteiger partial charge in [-0.2, -0.15) is 5.10 Å². The second kappa shape index (κ2) is 8.57. The molecule has 4 aromatic rings. The van der Waals surface area contributed by atoms with E-state index in [1.54, 1.807) is 18.2 Å². The highest BCUT2D eigenvalue weighted by Crippen LogP contribution is 2.35. The molecule has 0 fully saturated rings. The molecule has 9 nitrogen and oxygen atoms in total. The number of fused-ring (bicyclic) bond motifs is 1. The molecule has 2 aromatic heterocycles. The van der Waals surface area contributed by atoms with Crippen molar-refractivity contribution >= 4 is 17.1 Å². The van der Waals surface area contributed by atoms with Gasteiger partial charge in [0.1, 0.15) is 11.5 Å². The van der Waals surface area contributed by atoms with Gasteiger partial charge in [-0.05, 0) is 52.3 Å². The van der Waals surface area contributed by atoms with Gasteiger partial charge in [-0.15, -0.1) is 0 Å². The number of aromatic nitrogens is 4. The molecule has 2 aromatic carbocycles. The molecule has 0 aliphatic rings. The van der Waals surface area contributed by atoms with Crippen LogP contribution in [0.5, 0.6) is 17.2 Å². The van der Waals surface area contributed by atoms with Crippen LogP contribution >= 0.6 is 0 Å². The Bertz CT molecular complexity index is 1440. The van der Waals surface area contributed by atoms with Gasteiger partial charge < -0.3 is 14.6 Å². The first-order chi connectivity index (χ1) is 16.3. The lowest BCUT2D eigenvalue weighted by atomic mass is 9.80. The Labute approximate surface area is 202 Å². The average molecular weight is 477 g/mol. The Hall–Kier alpha value is -4.14. The fourth-order valence-electron chi connectivity index (χ4n) is 3.51. The number of benzene rings is 2. The van der Waals surface area contributed by atoms with E-state index in [-0.39, 0.29) is 28.1 Å². The third-order valence-electron chi connectivity index (χ3n) is 5.52. The van der Waals surface area contributed by atoms with E-state index in [1.807, 2.05) is 12.1 Å². The van der Waals surface area contributed by atoms with Crippen molar-refractivity contribution in [2.45, 2.75) is 52.4 Å². The SMILES string of the molecule is CC(C)(C)c1cc(Oc2ccc3nc(-n4cc(OC(=O)O)cn4)[nH]c(=O)c3c2)cc(C(C)(C)C)c1. The third-order valence-corrected chi connectivity index (χ3v) is 5.52. The van der Waals surface area contributed by atoms with Crippen molar-refractivity contribution in [1.29, 1.82) is 0 Å². The normalized spacial score (nSPS) is 12.1. The first kappa shape index (κ1) is 24.0. The quantitative estimate of drug-likeness (QED) is 0.370. The summed E-state index contributed by atoms with van der Waals surface area (Å²) >= 11 is 0. The van der Waals surface area contributed by atoms with E-state index in [1.165, 1.54) is 17.1 Å². The molecule has 0 atom stereocenters. The van der Waals surface area contributed by atoms with Crippen molar-refractivity contribution < 1.29 is 19.4 Å². The summed E-state index contributed by atoms with van der Waals surface area (Å²) in [6.07, 6.45) is 1.07. The fraction of sp³-hybridized carbons (Fsp3) is 0.308. The maximum atomic E-state index is 12.8. The predicted octanol–water partition coefficient (Wildman–Crippen LogP) is 5.55. The second-order valence-electron chi connectivity index (χ2n) is 10.4. The minimum Gasteiger partial charge on any atom is -0.457 e. The number of hydrogen-bond acceptors (Lipinski definition) is 6. The first-order valence-electron chi connectivity index (χ1n) is 11.1. The second-order valence-corrected chi connectivity index (χ2v) is 10.4. The van der Waals surface area contributed by atoms with Crippen LogP contribution in [-0.2, 0) is 10.8 Å². The molecule has 0 bridgehead atoms. The van der Waals surface area contributed by atoms with E-state index < -0.39 is 6.16 Å². The number of rotatable bonds is 4. The van der Waals surface area contributed by atoms with Crippen LogP contribution in [0.4, 0.5) is 4.79 Å². The van der Waals surface area contributed by atoms with Crippen molar-refractivity contribution in [3.8, 4) is 23.2 Å². The molecule has 182 valence electrons. The van der Waals surface area contributed by atoms with Gasteiger partial charge in [0.25, 0.3) is 5.56 Å². The van der Waals surface area contributed by atoms with Crippen LogP contribution in [0.1, 0.15) is 52.7 Å². The van der Waals surface area contributed by atoms with E-state index in [0.717, 1.165) is 11.1 Å². The summed E-state index contributed by atoms with van der Waals surface area (Å²) in [6, 6.07) is 11.4. The molecule has 35 heavy (non-hydrogen) atoms. The predicted molar refractivity (Wildman–Crippen MR) is 132 cm³/mol. The number of ether oxygens (including phenoxy) is 2. The van der Waals surface area contributed by atoms with Crippen LogP contribution in [0.2, 0.25) is 0 Å². The molecule has 0 amide bonds. The summed E-state index contributed by atoms with van der Waals surface area (Å²) in [7, 11) is 0. The Balaban J connectivity index is 1.69. The molecule has 0 unspecified atom stereocenters. The highest BCUT2D eigenvalue weighted by molar-refractivity contribution is 5.79. The Morgan fingerprint density at radius 2 is 1.60 bits per heavy atom. The van der Waals surface area contributed by atoms with Gasteiger partial charge in [0.2, 0.25) is 5.95 Å². The topological polar surface area (TPSA) is 119 Å². The van der Waals surface area contributed by atoms with E-state index in [0.29, 0.717) is 22.4 Å². The van der Waals surface area contributed by atoms with Crippen LogP contribution in [0.15, 0.2) is 53.6 Å². The monoisotopic (exact) mass is 476 g/mol. The molecule has 0 saturated carbocycles. The zero-order valence-corrected chi connectivity index (χ0v) is 20.5. The standard InChI is InChI=1S/C26H28N4O5/c1-25(2,3)15-9-16(26(4,5)6)11-18(10-15)34-17-7-8-21-20(12-17)22(31)29-23(28-21)30-14-19(13-27-30)35-24(32)33/h7-14H,1-6H3,(H,32,33)(H,28,29,31). The molecule has 0 aliphatic heterocycles. The lowest BCUT2D eigenvalue weighted by molar-refractivity contribution is 0.144. The molecule has 0 aliphatic carbocycles. The van der Waals surface area contributed by atoms with Gasteiger partial charge in [-0.1, -0.05) is 47.6 Å². The number of carbonyl (C=O) groups is 1. The molecule has 0 saturated heterocycles. The molecule has 0 radical (unpaired) electrons. The largest absolute Gasteiger partial charge is 0.511 e. The van der Waals surface area contributed by atoms with Crippen molar-refractivity contribution in [2.24, 2.45) is 0 Å². The zero-order valence-electron chi connectivity index (χ0n) is 20.5. The molecule has 9 heteroatoms. The Morgan fingerprint density at radius 1 is 0.943 bits per heavy atom. The lowest BCUT2D eigenvalue weighted by Crippen LogP contribution is -2.16. The van der Waals surface area contributed by atoms with Crippen LogP contribution in [-0.4, -0.2) is 31.0 Å². The van der Waals surface area contributed by atoms with Crippen LogP contribution in [0.25, 0.3) is 16.9 Å². The van der Waals surface area contributed by atoms with Gasteiger partial charge in [0, 0.05) is 0 Å². The Morgan fingerprint density at radius 3 is 2.20 bits per heavy atom. The van der Waals surface area contributed by atoms with Crippen molar-refractivity contribution in [3.63, 3.8) is 0 Å². The number of aromatic amines is 1. The smallest absolute Gasteiger partial charge is 0.457 e. The molecular formula is C26H28N4O5. The highest BCUT2D eigenvalue weighted by Gasteiger charge is 2.21. The van der Waals surface area contributed by atoms with Crippen LogP contribution < -0.4 is 15.0 Å². The van der Waals surface area contributed by atoms with Gasteiger partial charge >= 0.3 is 6.16 Å². The van der Waals surface area contributed by atoms with Crippen molar-refractivity contribution in [3.05, 3.63) is 70.3 Å². The molecule has 2 heterocycles. The van der Waals surface area contributed by atoms with E-state index >= 15 is 0 Å². The maximum absolute atomic E-state index is 12.8. The minimum atomic E-state index is -1.46. The fourth-order valence-corrected chi connectivity index (χ4v) is 3.51. The minimum absolute atomic E-state index is 0.0103. The average Bonchev–Trinajstić information content (AvgIpc) is 3.20. The van der Waals surface area contributed by atoms with Crippen LogP contribution in [0.3, 0.4) is 0 Å². The number of H-pyrrole nitrogens is 1. The Kier molecular flexibility index (Phi) is 5.88. The maximum Gasteiger partial charge on any atom is 0.511 e. The first-order valence-corrected chi connectivity index (χ1v) is 11.1. The van der Waals surface area contributed by atoms with Gasteiger partial charge in [0.15, 0.2) is 5.75 Å². The molecule has 0 spiro atoms. The number of carboxylic acid groups (broad SMARTS) is 1. The van der Waals surface area contributed by atoms with E-state index in [9.17, 15) is 9.59 Å². The number of nitrogens with one attached hydrogen (secondary N) is 1. The lowest BCUT2D eigenvalue weighted by Gasteiger charge is -2.26. The molecule has 2 N–H and O–H groups in total. The summed E-state index contributed by atoms with van der Waals surface area (Å²) < 4.78 is 12.0. The van der Waals surface area contributed by atoms with Crippen molar-refractivity contribution in [2.75, 3.05) is 0 Å². The summed E-state index contributed by atoms with van der Waals surface area (Å²) in [5.41, 5.74) is 2.27. The summed E-state index contributed by atoms with van der Waals surface area (Å²) in [4.78, 5) is 30.6. The van der Waals surface area contributed by atoms with E-state index in [2.05, 4.69) is 67.4 Å². The number of hydrogen-bond donors (Lipinski definition) is 2. The molecular weight excluding hydrogens is 448 g/mol. The summed E-state index contributed by atoms with van der Waals surface area (Å²) in [6.45, 7) is 13.0. The molecule has 4 rings (SSSR count). The van der Waals surface area contributed by atoms with Crippen molar-refractivity contribution in [1.82, 2.24) is 19.7 Å². The van der Waals surface area contributed by atoms with Gasteiger partial charge in [-0.25, -0.2) is 14.5 Å². The summed E-state index contributed by atoms with van der Waals surface area (Å²) in [5, 5.41) is 13.1. The zero-order chi connectivity index (χ0) is 25.5.